The molecule has 2 aromatic carbocycles. The predicted octanol–water partition coefficient (Wildman–Crippen LogP) is 3.66. The molecule has 5 nitrogen and oxygen atoms in total. The zero-order valence-electron chi connectivity index (χ0n) is 11.8. The fourth-order valence-electron chi connectivity index (χ4n) is 2.35. The van der Waals surface area contributed by atoms with Crippen LogP contribution in [-0.2, 0) is 0 Å². The summed E-state index contributed by atoms with van der Waals surface area (Å²) in [6, 6.07) is 14.0. The second-order valence-corrected chi connectivity index (χ2v) is 5.86. The first-order valence-corrected chi connectivity index (χ1v) is 7.76. The molecule has 0 radical (unpaired) electrons. The fourth-order valence-corrected chi connectivity index (χ4v) is 3.07. The molecule has 0 unspecified atom stereocenters. The van der Waals surface area contributed by atoms with Crippen LogP contribution >= 0.6 is 11.3 Å². The van der Waals surface area contributed by atoms with Crippen molar-refractivity contribution < 1.29 is 9.21 Å². The number of hydrogen-bond acceptors (Lipinski definition) is 5. The van der Waals surface area contributed by atoms with Crippen LogP contribution in [0.3, 0.4) is 0 Å². The number of anilines is 1. The zero-order valence-corrected chi connectivity index (χ0v) is 12.6. The molecule has 2 heterocycles. The van der Waals surface area contributed by atoms with E-state index in [2.05, 4.69) is 10.3 Å². The molecule has 23 heavy (non-hydrogen) atoms. The molecule has 0 aliphatic heterocycles. The highest BCUT2D eigenvalue weighted by atomic mass is 32.1. The van der Waals surface area contributed by atoms with Gasteiger partial charge in [0.2, 0.25) is 0 Å². The SMILES string of the molecule is O=C(Nc1ccc2ncsc2c1)c1cc2ccccc2oc1=O. The minimum Gasteiger partial charge on any atom is -0.422 e. The van der Waals surface area contributed by atoms with Crippen molar-refractivity contribution in [2.75, 3.05) is 5.32 Å². The van der Waals surface area contributed by atoms with Crippen LogP contribution in [0.25, 0.3) is 21.2 Å². The van der Waals surface area contributed by atoms with Gasteiger partial charge in [-0.25, -0.2) is 9.78 Å². The number of hydrogen-bond donors (Lipinski definition) is 1. The molecule has 1 amide bonds. The Morgan fingerprint density at radius 3 is 2.91 bits per heavy atom. The zero-order chi connectivity index (χ0) is 15.8. The third-order valence-corrected chi connectivity index (χ3v) is 4.27. The monoisotopic (exact) mass is 322 g/mol. The number of carbonyl (C=O) groups excluding carboxylic acids is 1. The number of fused-ring (bicyclic) bond motifs is 2. The molecule has 6 heteroatoms. The second kappa shape index (κ2) is 5.33. The lowest BCUT2D eigenvalue weighted by Gasteiger charge is -2.05. The molecular weight excluding hydrogens is 312 g/mol. The van der Waals surface area contributed by atoms with E-state index in [0.29, 0.717) is 16.7 Å². The Labute approximate surface area is 134 Å². The molecule has 0 aliphatic carbocycles. The van der Waals surface area contributed by atoms with Gasteiger partial charge in [-0.2, -0.15) is 0 Å². The molecule has 1 N–H and O–H groups in total. The number of para-hydroxylation sites is 1. The Kier molecular flexibility index (Phi) is 3.17. The van der Waals surface area contributed by atoms with Crippen molar-refractivity contribution in [3.63, 3.8) is 0 Å². The van der Waals surface area contributed by atoms with Crippen molar-refractivity contribution in [2.24, 2.45) is 0 Å². The predicted molar refractivity (Wildman–Crippen MR) is 90.1 cm³/mol. The molecule has 112 valence electrons. The summed E-state index contributed by atoms with van der Waals surface area (Å²) >= 11 is 1.49. The minimum absolute atomic E-state index is 0.0203. The van der Waals surface area contributed by atoms with Crippen LogP contribution in [0.4, 0.5) is 5.69 Å². The summed E-state index contributed by atoms with van der Waals surface area (Å²) in [6.45, 7) is 0. The number of thiazole rings is 1. The lowest BCUT2D eigenvalue weighted by Crippen LogP contribution is -2.20. The first-order valence-electron chi connectivity index (χ1n) is 6.88. The van der Waals surface area contributed by atoms with E-state index >= 15 is 0 Å². The number of carbonyl (C=O) groups is 1. The fraction of sp³-hybridized carbons (Fsp3) is 0. The maximum Gasteiger partial charge on any atom is 0.349 e. The van der Waals surface area contributed by atoms with Crippen LogP contribution < -0.4 is 10.9 Å². The van der Waals surface area contributed by atoms with Crippen LogP contribution in [-0.4, -0.2) is 10.9 Å². The molecule has 0 fully saturated rings. The van der Waals surface area contributed by atoms with Crippen molar-refractivity contribution in [1.82, 2.24) is 4.98 Å². The van der Waals surface area contributed by atoms with E-state index in [0.717, 1.165) is 10.2 Å². The summed E-state index contributed by atoms with van der Waals surface area (Å²) < 4.78 is 6.15. The van der Waals surface area contributed by atoms with Gasteiger partial charge < -0.3 is 9.73 Å². The highest BCUT2D eigenvalue weighted by Crippen LogP contribution is 2.22. The second-order valence-electron chi connectivity index (χ2n) is 4.97. The van der Waals surface area contributed by atoms with E-state index in [1.165, 1.54) is 11.3 Å². The third kappa shape index (κ3) is 2.49. The smallest absolute Gasteiger partial charge is 0.349 e. The average molecular weight is 322 g/mol. The molecule has 2 aromatic heterocycles. The van der Waals surface area contributed by atoms with Gasteiger partial charge >= 0.3 is 5.63 Å². The van der Waals surface area contributed by atoms with Crippen molar-refractivity contribution in [3.05, 3.63) is 70.0 Å². The average Bonchev–Trinajstić information content (AvgIpc) is 3.01. The Morgan fingerprint density at radius 2 is 2.00 bits per heavy atom. The van der Waals surface area contributed by atoms with Gasteiger partial charge in [0.25, 0.3) is 5.91 Å². The summed E-state index contributed by atoms with van der Waals surface area (Å²) in [5, 5.41) is 3.43. The Balaban J connectivity index is 1.71. The highest BCUT2D eigenvalue weighted by Gasteiger charge is 2.14. The van der Waals surface area contributed by atoms with Crippen LogP contribution in [0, 0.1) is 0 Å². The first kappa shape index (κ1) is 13.7. The van der Waals surface area contributed by atoms with Crippen molar-refractivity contribution in [3.8, 4) is 0 Å². The van der Waals surface area contributed by atoms with Gasteiger partial charge in [0.05, 0.1) is 15.7 Å². The Hall–Kier alpha value is -2.99. The molecule has 0 saturated heterocycles. The molecule has 4 aromatic rings. The van der Waals surface area contributed by atoms with E-state index in [1.54, 1.807) is 35.8 Å². The highest BCUT2D eigenvalue weighted by molar-refractivity contribution is 7.16. The first-order chi connectivity index (χ1) is 11.2. The van der Waals surface area contributed by atoms with E-state index in [4.69, 9.17) is 4.42 Å². The number of benzene rings is 2. The molecule has 0 saturated carbocycles. The van der Waals surface area contributed by atoms with Crippen LogP contribution in [0.15, 0.2) is 63.3 Å². The quantitative estimate of drug-likeness (QED) is 0.572. The maximum atomic E-state index is 12.4. The van der Waals surface area contributed by atoms with Crippen LogP contribution in [0.1, 0.15) is 10.4 Å². The molecule has 0 bridgehead atoms. The van der Waals surface area contributed by atoms with Gasteiger partial charge in [-0.3, -0.25) is 4.79 Å². The van der Waals surface area contributed by atoms with Gasteiger partial charge in [0.1, 0.15) is 11.1 Å². The topological polar surface area (TPSA) is 72.2 Å². The largest absolute Gasteiger partial charge is 0.422 e. The molecule has 0 aliphatic rings. The minimum atomic E-state index is -0.653. The van der Waals surface area contributed by atoms with Crippen molar-refractivity contribution in [2.45, 2.75) is 0 Å². The van der Waals surface area contributed by atoms with Gasteiger partial charge in [-0.15, -0.1) is 11.3 Å². The van der Waals surface area contributed by atoms with Gasteiger partial charge in [-0.1, -0.05) is 18.2 Å². The van der Waals surface area contributed by atoms with Crippen molar-refractivity contribution in [1.29, 1.82) is 0 Å². The van der Waals surface area contributed by atoms with E-state index < -0.39 is 11.5 Å². The Morgan fingerprint density at radius 1 is 1.13 bits per heavy atom. The number of nitrogens with one attached hydrogen (secondary N) is 1. The maximum absolute atomic E-state index is 12.4. The number of aromatic nitrogens is 1. The van der Waals surface area contributed by atoms with Crippen molar-refractivity contribution >= 4 is 44.1 Å². The number of nitrogens with zero attached hydrogens (tertiary/aromatic N) is 1. The van der Waals surface area contributed by atoms with E-state index in [1.807, 2.05) is 18.2 Å². The van der Waals surface area contributed by atoms with Crippen LogP contribution in [0.2, 0.25) is 0 Å². The Bertz CT molecular complexity index is 1100. The standard InChI is InChI=1S/C17H10N2O3S/c20-16(19-11-5-6-13-15(8-11)23-9-18-13)12-7-10-3-1-2-4-14(10)22-17(12)21/h1-9H,(H,19,20). The third-order valence-electron chi connectivity index (χ3n) is 3.48. The van der Waals surface area contributed by atoms with Gasteiger partial charge in [0, 0.05) is 11.1 Å². The summed E-state index contributed by atoms with van der Waals surface area (Å²) in [5.74, 6) is -0.492. The molecule has 4 rings (SSSR count). The number of rotatable bonds is 2. The summed E-state index contributed by atoms with van der Waals surface area (Å²) in [4.78, 5) is 28.6. The van der Waals surface area contributed by atoms with Gasteiger partial charge in [-0.05, 0) is 30.3 Å². The number of amides is 1. The summed E-state index contributed by atoms with van der Waals surface area (Å²) in [6.07, 6.45) is 0. The lowest BCUT2D eigenvalue weighted by atomic mass is 10.1. The van der Waals surface area contributed by atoms with Gasteiger partial charge in [0.15, 0.2) is 0 Å². The summed E-state index contributed by atoms with van der Waals surface area (Å²) in [7, 11) is 0. The molecule has 0 atom stereocenters. The lowest BCUT2D eigenvalue weighted by molar-refractivity contribution is 0.102. The van der Waals surface area contributed by atoms with E-state index in [9.17, 15) is 9.59 Å². The summed E-state index contributed by atoms with van der Waals surface area (Å²) in [5.41, 5.74) is 3.01. The van der Waals surface area contributed by atoms with E-state index in [-0.39, 0.29) is 5.56 Å². The molecular formula is C17H10N2O3S. The molecule has 0 spiro atoms. The van der Waals surface area contributed by atoms with Crippen LogP contribution in [0.5, 0.6) is 0 Å². The normalized spacial score (nSPS) is 11.0.